The Morgan fingerprint density at radius 2 is 1.89 bits per heavy atom. The molecule has 190 valence electrons. The van der Waals surface area contributed by atoms with E-state index < -0.39 is 5.82 Å². The summed E-state index contributed by atoms with van der Waals surface area (Å²) in [6.07, 6.45) is 10.3. The Morgan fingerprint density at radius 1 is 1.11 bits per heavy atom. The van der Waals surface area contributed by atoms with Gasteiger partial charge in [-0.1, -0.05) is 18.2 Å². The lowest BCUT2D eigenvalue weighted by Crippen LogP contribution is -2.14. The number of hydrogen-bond acceptors (Lipinski definition) is 8. The van der Waals surface area contributed by atoms with Crippen molar-refractivity contribution in [3.8, 4) is 5.75 Å². The van der Waals surface area contributed by atoms with Crippen molar-refractivity contribution in [3.05, 3.63) is 90.9 Å². The number of benzene rings is 2. The number of ether oxygens (including phenoxy) is 1. The highest BCUT2D eigenvalue weighted by Crippen LogP contribution is 2.39. The van der Waals surface area contributed by atoms with Crippen molar-refractivity contribution < 1.29 is 13.9 Å². The number of amides is 1. The molecule has 0 radical (unpaired) electrons. The van der Waals surface area contributed by atoms with E-state index in [2.05, 4.69) is 32.5 Å². The minimum Gasteiger partial charge on any atom is -0.494 e. The highest BCUT2D eigenvalue weighted by Gasteiger charge is 2.17. The summed E-state index contributed by atoms with van der Waals surface area (Å²) in [5.74, 6) is 0.562. The fourth-order valence-corrected chi connectivity index (χ4v) is 3.65. The van der Waals surface area contributed by atoms with Crippen LogP contribution in [0.1, 0.15) is 0 Å². The lowest BCUT2D eigenvalue weighted by Gasteiger charge is -2.22. The van der Waals surface area contributed by atoms with Crippen molar-refractivity contribution in [2.45, 2.75) is 0 Å². The van der Waals surface area contributed by atoms with Crippen LogP contribution < -0.4 is 25.6 Å². The van der Waals surface area contributed by atoms with Gasteiger partial charge in [0.15, 0.2) is 0 Å². The van der Waals surface area contributed by atoms with Gasteiger partial charge in [0.1, 0.15) is 29.5 Å². The molecule has 2 aromatic carbocycles. The van der Waals surface area contributed by atoms with Crippen molar-refractivity contribution in [1.29, 1.82) is 0 Å². The van der Waals surface area contributed by atoms with Crippen LogP contribution in [-0.4, -0.2) is 41.5 Å². The summed E-state index contributed by atoms with van der Waals surface area (Å²) in [6, 6.07) is 9.51. The topological polar surface area (TPSA) is 94.7 Å². The third-order valence-corrected chi connectivity index (χ3v) is 5.59. The minimum absolute atomic E-state index is 0.00271. The van der Waals surface area contributed by atoms with E-state index in [1.165, 1.54) is 24.5 Å². The van der Waals surface area contributed by atoms with E-state index in [1.54, 1.807) is 25.3 Å². The third kappa shape index (κ3) is 6.36. The van der Waals surface area contributed by atoms with Crippen molar-refractivity contribution in [2.75, 3.05) is 41.6 Å². The Labute approximate surface area is 218 Å². The van der Waals surface area contributed by atoms with Crippen LogP contribution in [0.4, 0.5) is 38.8 Å². The molecular weight excluding hydrogens is 497 g/mol. The molecule has 3 N–H and O–H groups in total. The standard InChI is InChI=1S/C26H25ClFN7O2/c1-4-26(36)33-20-13-21(23(37-3)14-22(20)35-9-5-8-34(2)10-11-35)32-25-15-24(29-16-30-25)31-17-6-7-19(28)18(27)12-17/h4-7,9-16H,1,8H2,2-3H3,(H,33,36)(H2,29,30,31,32). The number of likely N-dealkylation sites (N-methyl/N-ethyl adjacent to an activating group) is 1. The largest absolute Gasteiger partial charge is 0.494 e. The maximum absolute atomic E-state index is 13.5. The molecule has 1 aliphatic heterocycles. The summed E-state index contributed by atoms with van der Waals surface area (Å²) >= 11 is 5.87. The predicted molar refractivity (Wildman–Crippen MR) is 145 cm³/mol. The first-order valence-electron chi connectivity index (χ1n) is 11.2. The zero-order chi connectivity index (χ0) is 26.4. The molecule has 1 aliphatic rings. The molecule has 1 aromatic heterocycles. The Hall–Kier alpha value is -4.57. The van der Waals surface area contributed by atoms with E-state index in [0.717, 1.165) is 6.54 Å². The number of carbonyl (C=O) groups excluding carboxylic acids is 1. The normalized spacial score (nSPS) is 12.6. The van der Waals surface area contributed by atoms with Gasteiger partial charge in [0.2, 0.25) is 5.91 Å². The van der Waals surface area contributed by atoms with Crippen molar-refractivity contribution in [1.82, 2.24) is 14.9 Å². The van der Waals surface area contributed by atoms with Gasteiger partial charge in [-0.05, 0) is 36.4 Å². The van der Waals surface area contributed by atoms with E-state index in [9.17, 15) is 9.18 Å². The summed E-state index contributed by atoms with van der Waals surface area (Å²) in [6.45, 7) is 4.29. The van der Waals surface area contributed by atoms with Gasteiger partial charge in [-0.3, -0.25) is 4.79 Å². The van der Waals surface area contributed by atoms with Crippen LogP contribution in [0.15, 0.2) is 80.1 Å². The SMILES string of the molecule is C=CC(=O)Nc1cc(Nc2cc(Nc3ccc(F)c(Cl)c3)ncn2)c(OC)cc1N1C=CCN(C)C=C1. The van der Waals surface area contributed by atoms with Crippen LogP contribution >= 0.6 is 11.6 Å². The first kappa shape index (κ1) is 25.5. The van der Waals surface area contributed by atoms with Crippen molar-refractivity contribution in [2.24, 2.45) is 0 Å². The number of methoxy groups -OCH3 is 1. The molecule has 0 saturated carbocycles. The Bertz CT molecular complexity index is 1380. The summed E-state index contributed by atoms with van der Waals surface area (Å²) in [5.41, 5.74) is 2.34. The van der Waals surface area contributed by atoms with Gasteiger partial charge < -0.3 is 30.5 Å². The Kier molecular flexibility index (Phi) is 7.89. The molecule has 0 aliphatic carbocycles. The maximum Gasteiger partial charge on any atom is 0.247 e. The fraction of sp³-hybridized carbons (Fsp3) is 0.115. The number of nitrogens with one attached hydrogen (secondary N) is 3. The number of carbonyl (C=O) groups is 1. The molecular formula is C26H25ClFN7O2. The summed E-state index contributed by atoms with van der Waals surface area (Å²) < 4.78 is 19.1. The molecule has 0 atom stereocenters. The predicted octanol–water partition coefficient (Wildman–Crippen LogP) is 5.63. The van der Waals surface area contributed by atoms with Gasteiger partial charge in [-0.25, -0.2) is 14.4 Å². The lowest BCUT2D eigenvalue weighted by molar-refractivity contribution is -0.111. The molecule has 11 heteroatoms. The third-order valence-electron chi connectivity index (χ3n) is 5.30. The van der Waals surface area contributed by atoms with Crippen LogP contribution in [0.25, 0.3) is 0 Å². The highest BCUT2D eigenvalue weighted by atomic mass is 35.5. The number of rotatable bonds is 8. The van der Waals surface area contributed by atoms with Crippen LogP contribution in [0.5, 0.6) is 5.75 Å². The molecule has 37 heavy (non-hydrogen) atoms. The summed E-state index contributed by atoms with van der Waals surface area (Å²) in [5, 5.41) is 9.13. The van der Waals surface area contributed by atoms with Gasteiger partial charge >= 0.3 is 0 Å². The van der Waals surface area contributed by atoms with Crippen molar-refractivity contribution in [3.63, 3.8) is 0 Å². The molecule has 9 nitrogen and oxygen atoms in total. The minimum atomic E-state index is -0.509. The molecule has 4 rings (SSSR count). The zero-order valence-electron chi connectivity index (χ0n) is 20.2. The average Bonchev–Trinajstić information content (AvgIpc) is 3.11. The quantitative estimate of drug-likeness (QED) is 0.328. The van der Waals surface area contributed by atoms with E-state index >= 15 is 0 Å². The number of hydrogen-bond donors (Lipinski definition) is 3. The second-order valence-corrected chi connectivity index (χ2v) is 8.37. The van der Waals surface area contributed by atoms with Crippen molar-refractivity contribution >= 4 is 51.9 Å². The second kappa shape index (κ2) is 11.4. The van der Waals surface area contributed by atoms with Crippen LogP contribution in [0, 0.1) is 5.82 Å². The smallest absolute Gasteiger partial charge is 0.247 e. The number of aromatic nitrogens is 2. The van der Waals surface area contributed by atoms with Gasteiger partial charge in [0, 0.05) is 50.0 Å². The molecule has 1 amide bonds. The number of nitrogens with zero attached hydrogens (tertiary/aromatic N) is 4. The second-order valence-electron chi connectivity index (χ2n) is 7.96. The number of halogens is 2. The first-order valence-corrected chi connectivity index (χ1v) is 11.5. The molecule has 0 unspecified atom stereocenters. The lowest BCUT2D eigenvalue weighted by atomic mass is 10.2. The zero-order valence-corrected chi connectivity index (χ0v) is 21.0. The molecule has 2 heterocycles. The molecule has 0 saturated heterocycles. The van der Waals surface area contributed by atoms with Gasteiger partial charge in [-0.15, -0.1) is 0 Å². The molecule has 0 fully saturated rings. The Morgan fingerprint density at radius 3 is 2.62 bits per heavy atom. The van der Waals surface area contributed by atoms with E-state index in [1.807, 2.05) is 47.6 Å². The van der Waals surface area contributed by atoms with E-state index in [4.69, 9.17) is 16.3 Å². The van der Waals surface area contributed by atoms with E-state index in [0.29, 0.717) is 40.1 Å². The van der Waals surface area contributed by atoms with Gasteiger partial charge in [0.25, 0.3) is 0 Å². The molecule has 0 bridgehead atoms. The fourth-order valence-electron chi connectivity index (χ4n) is 3.47. The van der Waals surface area contributed by atoms with E-state index in [-0.39, 0.29) is 10.9 Å². The summed E-state index contributed by atoms with van der Waals surface area (Å²) in [4.78, 5) is 24.6. The molecule has 3 aromatic rings. The van der Waals surface area contributed by atoms with Crippen LogP contribution in [-0.2, 0) is 4.79 Å². The van der Waals surface area contributed by atoms with Crippen LogP contribution in [0.2, 0.25) is 5.02 Å². The van der Waals surface area contributed by atoms with Gasteiger partial charge in [0.05, 0.1) is 29.2 Å². The average molecular weight is 522 g/mol. The first-order chi connectivity index (χ1) is 17.9. The number of anilines is 6. The highest BCUT2D eigenvalue weighted by molar-refractivity contribution is 6.31. The molecule has 0 spiro atoms. The maximum atomic E-state index is 13.5. The Balaban J connectivity index is 1.66. The summed E-state index contributed by atoms with van der Waals surface area (Å²) in [7, 11) is 3.52. The van der Waals surface area contributed by atoms with Crippen LogP contribution in [0.3, 0.4) is 0 Å². The van der Waals surface area contributed by atoms with Gasteiger partial charge in [-0.2, -0.15) is 0 Å². The monoisotopic (exact) mass is 521 g/mol.